The zero-order chi connectivity index (χ0) is 6.97. The lowest BCUT2D eigenvalue weighted by molar-refractivity contribution is 0.155. The molecule has 0 amide bonds. The summed E-state index contributed by atoms with van der Waals surface area (Å²) in [6.07, 6.45) is 0. The van der Waals surface area contributed by atoms with Gasteiger partial charge in [-0.25, -0.2) is 0 Å². The Morgan fingerprint density at radius 3 is 2.58 bits per heavy atom. The summed E-state index contributed by atoms with van der Waals surface area (Å²) in [7, 11) is 0. The van der Waals surface area contributed by atoms with Gasteiger partial charge >= 0.3 is 0 Å². The lowest BCUT2D eigenvalue weighted by Crippen LogP contribution is -1.90. The third-order valence-corrected chi connectivity index (χ3v) is 1.33. The van der Waals surface area contributed by atoms with Crippen LogP contribution in [-0.4, -0.2) is 25.8 Å². The molecule has 0 fully saturated rings. The molecule has 0 bridgehead atoms. The third-order valence-electron chi connectivity index (χ3n) is 1.33. The molecular weight excluding hydrogens is 182 g/mol. The number of aromatic nitrogens is 3. The molecular formula is C6H8ClN3O2. The van der Waals surface area contributed by atoms with E-state index >= 15 is 0 Å². The largest absolute Gasteiger partial charge is 0.412 e. The Labute approximate surface area is 74.3 Å². The van der Waals surface area contributed by atoms with E-state index in [4.69, 9.17) is 5.21 Å². The van der Waals surface area contributed by atoms with Crippen molar-refractivity contribution < 1.29 is 10.7 Å². The number of halogens is 1. The monoisotopic (exact) mass is 189 g/mol. The zero-order valence-electron chi connectivity index (χ0n) is 6.01. The zero-order valence-corrected chi connectivity index (χ0v) is 6.82. The Balaban J connectivity index is 0.000000605. The molecule has 0 radical (unpaired) electrons. The first-order valence-corrected chi connectivity index (χ1v) is 2.87. The fourth-order valence-electron chi connectivity index (χ4n) is 0.857. The highest BCUT2D eigenvalue weighted by atomic mass is 35.5. The van der Waals surface area contributed by atoms with E-state index in [1.165, 1.54) is 0 Å². The molecule has 0 spiro atoms. The maximum atomic E-state index is 8.95. The van der Waals surface area contributed by atoms with Crippen molar-refractivity contribution in [3.63, 3.8) is 0 Å². The summed E-state index contributed by atoms with van der Waals surface area (Å²) in [6, 6.07) is 7.19. The molecule has 12 heavy (non-hydrogen) atoms. The minimum Gasteiger partial charge on any atom is -0.412 e. The van der Waals surface area contributed by atoms with E-state index < -0.39 is 0 Å². The number of hydrogen-bond acceptors (Lipinski definition) is 3. The number of rotatable bonds is 0. The van der Waals surface area contributed by atoms with E-state index in [9.17, 15) is 0 Å². The van der Waals surface area contributed by atoms with Crippen LogP contribution in [0.15, 0.2) is 24.3 Å². The Hall–Kier alpha value is -1.33. The minimum atomic E-state index is 0. The van der Waals surface area contributed by atoms with Gasteiger partial charge in [-0.2, -0.15) is 0 Å². The van der Waals surface area contributed by atoms with E-state index in [0.29, 0.717) is 11.0 Å². The molecule has 2 aromatic rings. The van der Waals surface area contributed by atoms with Crippen LogP contribution in [0.2, 0.25) is 0 Å². The van der Waals surface area contributed by atoms with Crippen LogP contribution < -0.4 is 0 Å². The quantitative estimate of drug-likeness (QED) is 0.604. The maximum absolute atomic E-state index is 8.95. The summed E-state index contributed by atoms with van der Waals surface area (Å²) >= 11 is 0. The van der Waals surface area contributed by atoms with Gasteiger partial charge < -0.3 is 10.7 Å². The van der Waals surface area contributed by atoms with Crippen LogP contribution in [0.4, 0.5) is 0 Å². The summed E-state index contributed by atoms with van der Waals surface area (Å²) in [6.45, 7) is 0. The second-order valence-electron chi connectivity index (χ2n) is 1.97. The predicted octanol–water partition coefficient (Wildman–Crippen LogP) is 0.266. The fraction of sp³-hybridized carbons (Fsp3) is 0. The first-order valence-electron chi connectivity index (χ1n) is 2.87. The molecule has 1 aromatic carbocycles. The first kappa shape index (κ1) is 10.7. The van der Waals surface area contributed by atoms with Crippen LogP contribution in [0.25, 0.3) is 11.0 Å². The number of nitrogens with zero attached hydrogens (tertiary/aromatic N) is 3. The lowest BCUT2D eigenvalue weighted by atomic mass is 10.3. The second kappa shape index (κ2) is 3.89. The van der Waals surface area contributed by atoms with Crippen molar-refractivity contribution in [3.05, 3.63) is 24.3 Å². The van der Waals surface area contributed by atoms with Crippen LogP contribution in [0.1, 0.15) is 0 Å². The van der Waals surface area contributed by atoms with Gasteiger partial charge in [-0.3, -0.25) is 0 Å². The molecule has 0 aliphatic heterocycles. The van der Waals surface area contributed by atoms with Crippen LogP contribution in [0.5, 0.6) is 0 Å². The third kappa shape index (κ3) is 1.46. The highest BCUT2D eigenvalue weighted by molar-refractivity contribution is 5.85. The summed E-state index contributed by atoms with van der Waals surface area (Å²) in [5.41, 5.74) is 1.33. The van der Waals surface area contributed by atoms with Gasteiger partial charge in [-0.1, -0.05) is 17.0 Å². The van der Waals surface area contributed by atoms with Crippen molar-refractivity contribution in [2.24, 2.45) is 0 Å². The molecule has 0 unspecified atom stereocenters. The van der Waals surface area contributed by atoms with Crippen LogP contribution in [0, 0.1) is 0 Å². The van der Waals surface area contributed by atoms with E-state index in [0.717, 1.165) is 4.85 Å². The van der Waals surface area contributed by atoms with Gasteiger partial charge in [-0.15, -0.1) is 17.5 Å². The SMILES string of the molecule is Cl.O.On1nnc2ccccc21. The Kier molecular flexibility index (Phi) is 3.46. The molecule has 5 nitrogen and oxygen atoms in total. The van der Waals surface area contributed by atoms with Gasteiger partial charge in [0.25, 0.3) is 0 Å². The normalized spacial score (nSPS) is 8.67. The predicted molar refractivity (Wildman–Crippen MR) is 45.6 cm³/mol. The van der Waals surface area contributed by atoms with Crippen molar-refractivity contribution >= 4 is 23.4 Å². The second-order valence-corrected chi connectivity index (χ2v) is 1.97. The number of hydrogen-bond donors (Lipinski definition) is 1. The van der Waals surface area contributed by atoms with Crippen LogP contribution in [0.3, 0.4) is 0 Å². The molecule has 3 N–H and O–H groups in total. The van der Waals surface area contributed by atoms with Crippen LogP contribution >= 0.6 is 12.4 Å². The van der Waals surface area contributed by atoms with E-state index in [-0.39, 0.29) is 17.9 Å². The number of para-hydroxylation sites is 1. The molecule has 0 atom stereocenters. The molecule has 6 heteroatoms. The Bertz CT molecular complexity index is 362. The Morgan fingerprint density at radius 2 is 1.92 bits per heavy atom. The van der Waals surface area contributed by atoms with Gasteiger partial charge in [0, 0.05) is 0 Å². The molecule has 0 saturated heterocycles. The van der Waals surface area contributed by atoms with Gasteiger partial charge in [0.1, 0.15) is 11.0 Å². The summed E-state index contributed by atoms with van der Waals surface area (Å²) < 4.78 is 0. The van der Waals surface area contributed by atoms with Gasteiger partial charge in [-0.05, 0) is 17.3 Å². The first-order chi connectivity index (χ1) is 4.88. The van der Waals surface area contributed by atoms with Crippen molar-refractivity contribution in [1.29, 1.82) is 0 Å². The average molecular weight is 190 g/mol. The van der Waals surface area contributed by atoms with Crippen molar-refractivity contribution in [2.45, 2.75) is 0 Å². The number of benzene rings is 1. The molecule has 0 aliphatic carbocycles. The van der Waals surface area contributed by atoms with Crippen molar-refractivity contribution in [3.8, 4) is 0 Å². The topological polar surface area (TPSA) is 82.4 Å². The smallest absolute Gasteiger partial charge is 0.130 e. The van der Waals surface area contributed by atoms with Crippen molar-refractivity contribution in [2.75, 3.05) is 0 Å². The van der Waals surface area contributed by atoms with Gasteiger partial charge in [0.05, 0.1) is 0 Å². The van der Waals surface area contributed by atoms with Crippen LogP contribution in [-0.2, 0) is 0 Å². The Morgan fingerprint density at radius 1 is 1.25 bits per heavy atom. The van der Waals surface area contributed by atoms with Gasteiger partial charge in [0.2, 0.25) is 0 Å². The fourth-order valence-corrected chi connectivity index (χ4v) is 0.857. The highest BCUT2D eigenvalue weighted by Crippen LogP contribution is 2.06. The highest BCUT2D eigenvalue weighted by Gasteiger charge is 1.98. The number of fused-ring (bicyclic) bond motifs is 1. The minimum absolute atomic E-state index is 0. The molecule has 1 heterocycles. The van der Waals surface area contributed by atoms with E-state index in [1.807, 2.05) is 12.1 Å². The van der Waals surface area contributed by atoms with E-state index in [2.05, 4.69) is 10.3 Å². The summed E-state index contributed by atoms with van der Waals surface area (Å²) in [5, 5.41) is 16.1. The summed E-state index contributed by atoms with van der Waals surface area (Å²) in [5.74, 6) is 0. The molecule has 0 saturated carbocycles. The summed E-state index contributed by atoms with van der Waals surface area (Å²) in [4.78, 5) is 0.759. The standard InChI is InChI=1S/C6H5N3O.ClH.H2O/c10-9-6-4-2-1-3-5(6)7-8-9;;/h1-4,10H;1H;1H2. The molecule has 66 valence electrons. The lowest BCUT2D eigenvalue weighted by Gasteiger charge is -1.85. The maximum Gasteiger partial charge on any atom is 0.130 e. The average Bonchev–Trinajstić information content (AvgIpc) is 2.34. The van der Waals surface area contributed by atoms with Crippen molar-refractivity contribution in [1.82, 2.24) is 15.2 Å². The molecule has 0 aliphatic rings. The van der Waals surface area contributed by atoms with E-state index in [1.54, 1.807) is 12.1 Å². The molecule has 1 aromatic heterocycles. The molecule has 2 rings (SSSR count). The van der Waals surface area contributed by atoms with Gasteiger partial charge in [0.15, 0.2) is 0 Å².